The lowest BCUT2D eigenvalue weighted by Crippen LogP contribution is -2.35. The predicted molar refractivity (Wildman–Crippen MR) is 99.4 cm³/mol. The quantitative estimate of drug-likeness (QED) is 0.813. The normalized spacial score (nSPS) is 13.9. The molecule has 0 saturated carbocycles. The Balaban J connectivity index is 1.66. The molecular formula is C19H19F3N2O3S. The van der Waals surface area contributed by atoms with Gasteiger partial charge in [-0.2, -0.15) is 13.2 Å². The Hall–Kier alpha value is -2.39. The Bertz CT molecular complexity index is 880. The first kappa shape index (κ1) is 20.3. The van der Waals surface area contributed by atoms with Gasteiger partial charge in [-0.05, 0) is 48.1 Å². The van der Waals surface area contributed by atoms with E-state index in [4.69, 9.17) is 0 Å². The Morgan fingerprint density at radius 3 is 2.82 bits per heavy atom. The molecule has 150 valence electrons. The first-order valence-corrected chi connectivity index (χ1v) is 9.51. The van der Waals surface area contributed by atoms with E-state index in [-0.39, 0.29) is 5.91 Å². The predicted octanol–water partition coefficient (Wildman–Crippen LogP) is 3.77. The number of rotatable bonds is 5. The summed E-state index contributed by atoms with van der Waals surface area (Å²) in [4.78, 5) is 27.8. The monoisotopic (exact) mass is 412 g/mol. The summed E-state index contributed by atoms with van der Waals surface area (Å²) >= 11 is 1.69. The minimum absolute atomic E-state index is 0.140. The van der Waals surface area contributed by atoms with Crippen molar-refractivity contribution in [3.8, 4) is 0 Å². The molecule has 0 atom stereocenters. The number of alkyl halides is 3. The molecule has 2 amide bonds. The molecule has 2 heterocycles. The molecule has 1 aliphatic rings. The molecule has 0 bridgehead atoms. The van der Waals surface area contributed by atoms with Gasteiger partial charge in [-0.25, -0.2) is 0 Å². The lowest BCUT2D eigenvalue weighted by Gasteiger charge is -2.28. The molecule has 0 saturated heterocycles. The van der Waals surface area contributed by atoms with Crippen molar-refractivity contribution < 1.29 is 27.5 Å². The van der Waals surface area contributed by atoms with Gasteiger partial charge in [0, 0.05) is 29.2 Å². The summed E-state index contributed by atoms with van der Waals surface area (Å²) in [5.41, 5.74) is 2.54. The van der Waals surface area contributed by atoms with E-state index in [9.17, 15) is 22.8 Å². The van der Waals surface area contributed by atoms with Crippen LogP contribution < -0.4 is 5.32 Å². The number of hydrogen-bond donors (Lipinski definition) is 1. The molecule has 9 heteroatoms. The zero-order valence-electron chi connectivity index (χ0n) is 15.1. The third-order valence-corrected chi connectivity index (χ3v) is 5.46. The molecule has 1 aromatic heterocycles. The smallest absolute Gasteiger partial charge is 0.362 e. The van der Waals surface area contributed by atoms with Gasteiger partial charge in [-0.15, -0.1) is 11.3 Å². The zero-order valence-corrected chi connectivity index (χ0v) is 16.0. The Labute approximate surface area is 164 Å². The average Bonchev–Trinajstić information content (AvgIpc) is 3.09. The van der Waals surface area contributed by atoms with Crippen LogP contribution >= 0.6 is 11.3 Å². The average molecular weight is 412 g/mol. The largest absolute Gasteiger partial charge is 0.411 e. The maximum Gasteiger partial charge on any atom is 0.411 e. The van der Waals surface area contributed by atoms with Gasteiger partial charge in [-0.1, -0.05) is 6.07 Å². The number of halogens is 3. The highest BCUT2D eigenvalue weighted by molar-refractivity contribution is 7.10. The summed E-state index contributed by atoms with van der Waals surface area (Å²) in [6, 6.07) is 6.92. The molecule has 0 radical (unpaired) electrons. The Morgan fingerprint density at radius 2 is 2.07 bits per heavy atom. The fraction of sp³-hybridized carbons (Fsp3) is 0.368. The SMILES string of the molecule is Cc1c(NC(=O)COCC(F)(F)F)cccc1C(=O)N1CCc2sccc2C1. The van der Waals surface area contributed by atoms with Crippen molar-refractivity contribution >= 4 is 28.8 Å². The van der Waals surface area contributed by atoms with Crippen LogP contribution in [0.3, 0.4) is 0 Å². The maximum atomic E-state index is 12.9. The van der Waals surface area contributed by atoms with Crippen LogP contribution in [0.25, 0.3) is 0 Å². The number of fused-ring (bicyclic) bond motifs is 1. The van der Waals surface area contributed by atoms with Crippen LogP contribution in [0.1, 0.15) is 26.4 Å². The Morgan fingerprint density at radius 1 is 1.29 bits per heavy atom. The van der Waals surface area contributed by atoms with Crippen LogP contribution in [0, 0.1) is 6.92 Å². The third kappa shape index (κ3) is 4.90. The number of carbonyl (C=O) groups is 2. The molecule has 5 nitrogen and oxygen atoms in total. The van der Waals surface area contributed by atoms with Crippen molar-refractivity contribution in [3.05, 3.63) is 51.2 Å². The van der Waals surface area contributed by atoms with Crippen LogP contribution in [-0.2, 0) is 22.5 Å². The number of thiophene rings is 1. The summed E-state index contributed by atoms with van der Waals surface area (Å²) < 4.78 is 40.6. The Kier molecular flexibility index (Phi) is 6.04. The maximum absolute atomic E-state index is 12.9. The molecule has 1 N–H and O–H groups in total. The van der Waals surface area contributed by atoms with E-state index in [1.807, 2.05) is 11.4 Å². The van der Waals surface area contributed by atoms with Gasteiger partial charge in [0.25, 0.3) is 5.91 Å². The van der Waals surface area contributed by atoms with E-state index in [1.54, 1.807) is 41.4 Å². The van der Waals surface area contributed by atoms with Crippen molar-refractivity contribution in [1.82, 2.24) is 4.90 Å². The van der Waals surface area contributed by atoms with Crippen LogP contribution in [0.2, 0.25) is 0 Å². The first-order valence-electron chi connectivity index (χ1n) is 8.63. The van der Waals surface area contributed by atoms with E-state index in [1.165, 1.54) is 4.88 Å². The number of nitrogens with zero attached hydrogens (tertiary/aromatic N) is 1. The number of carbonyl (C=O) groups excluding carboxylic acids is 2. The van der Waals surface area contributed by atoms with Crippen molar-refractivity contribution in [2.75, 3.05) is 25.1 Å². The molecular weight excluding hydrogens is 393 g/mol. The molecule has 28 heavy (non-hydrogen) atoms. The van der Waals surface area contributed by atoms with Gasteiger partial charge in [-0.3, -0.25) is 9.59 Å². The van der Waals surface area contributed by atoms with Crippen LogP contribution in [-0.4, -0.2) is 42.6 Å². The summed E-state index contributed by atoms with van der Waals surface area (Å²) in [6.45, 7) is 0.646. The van der Waals surface area contributed by atoms with Gasteiger partial charge in [0.2, 0.25) is 5.91 Å². The number of anilines is 1. The van der Waals surface area contributed by atoms with Gasteiger partial charge in [0.05, 0.1) is 0 Å². The molecule has 0 fully saturated rings. The standard InChI is InChI=1S/C19H19F3N2O3S/c1-12-14(18(26)24-7-5-16-13(9-24)6-8-28-16)3-2-4-15(12)23-17(25)10-27-11-19(20,21)22/h2-4,6,8H,5,7,9-11H2,1H3,(H,23,25). The molecule has 1 aliphatic heterocycles. The number of hydrogen-bond acceptors (Lipinski definition) is 4. The number of amides is 2. The zero-order chi connectivity index (χ0) is 20.3. The lowest BCUT2D eigenvalue weighted by atomic mass is 10.0. The van der Waals surface area contributed by atoms with Gasteiger partial charge in [0.1, 0.15) is 13.2 Å². The van der Waals surface area contributed by atoms with E-state index in [2.05, 4.69) is 10.1 Å². The second kappa shape index (κ2) is 8.32. The second-order valence-corrected chi connectivity index (χ2v) is 7.48. The van der Waals surface area contributed by atoms with E-state index in [0.717, 1.165) is 12.0 Å². The van der Waals surface area contributed by atoms with E-state index in [0.29, 0.717) is 29.9 Å². The summed E-state index contributed by atoms with van der Waals surface area (Å²) in [5, 5.41) is 4.52. The van der Waals surface area contributed by atoms with Crippen LogP contribution in [0.4, 0.5) is 18.9 Å². The van der Waals surface area contributed by atoms with E-state index < -0.39 is 25.3 Å². The highest BCUT2D eigenvalue weighted by Crippen LogP contribution is 2.27. The third-order valence-electron chi connectivity index (χ3n) is 4.43. The summed E-state index contributed by atoms with van der Waals surface area (Å²) in [6.07, 6.45) is -3.68. The van der Waals surface area contributed by atoms with E-state index >= 15 is 0 Å². The second-order valence-electron chi connectivity index (χ2n) is 6.48. The summed E-state index contributed by atoms with van der Waals surface area (Å²) in [7, 11) is 0. The van der Waals surface area contributed by atoms with Gasteiger partial charge in [0.15, 0.2) is 0 Å². The molecule has 0 aliphatic carbocycles. The molecule has 3 rings (SSSR count). The topological polar surface area (TPSA) is 58.6 Å². The number of benzene rings is 1. The molecule has 0 spiro atoms. The highest BCUT2D eigenvalue weighted by Gasteiger charge is 2.28. The fourth-order valence-electron chi connectivity index (χ4n) is 3.04. The van der Waals surface area contributed by atoms with Crippen LogP contribution in [0.15, 0.2) is 29.6 Å². The fourth-order valence-corrected chi connectivity index (χ4v) is 3.93. The minimum Gasteiger partial charge on any atom is -0.362 e. The van der Waals surface area contributed by atoms with Gasteiger partial charge < -0.3 is 15.0 Å². The van der Waals surface area contributed by atoms with Crippen molar-refractivity contribution in [3.63, 3.8) is 0 Å². The van der Waals surface area contributed by atoms with Gasteiger partial charge >= 0.3 is 6.18 Å². The number of nitrogens with one attached hydrogen (secondary N) is 1. The molecule has 1 aromatic carbocycles. The highest BCUT2D eigenvalue weighted by atomic mass is 32.1. The molecule has 0 unspecified atom stereocenters. The number of ether oxygens (including phenoxy) is 1. The lowest BCUT2D eigenvalue weighted by molar-refractivity contribution is -0.174. The van der Waals surface area contributed by atoms with Crippen molar-refractivity contribution in [2.45, 2.75) is 26.1 Å². The first-order chi connectivity index (χ1) is 13.2. The summed E-state index contributed by atoms with van der Waals surface area (Å²) in [5.74, 6) is -0.850. The van der Waals surface area contributed by atoms with Crippen molar-refractivity contribution in [2.24, 2.45) is 0 Å². The minimum atomic E-state index is -4.49. The van der Waals surface area contributed by atoms with Crippen molar-refractivity contribution in [1.29, 1.82) is 0 Å². The molecule has 2 aromatic rings. The van der Waals surface area contributed by atoms with Crippen LogP contribution in [0.5, 0.6) is 0 Å².